The normalized spacial score (nSPS) is 18.3. The van der Waals surface area contributed by atoms with E-state index in [4.69, 9.17) is 0 Å². The van der Waals surface area contributed by atoms with Crippen LogP contribution < -0.4 is 5.32 Å². The molecule has 0 saturated carbocycles. The highest BCUT2D eigenvalue weighted by Gasteiger charge is 2.28. The third-order valence-corrected chi connectivity index (χ3v) is 4.72. The fourth-order valence-electron chi connectivity index (χ4n) is 3.50. The second-order valence-corrected chi connectivity index (χ2v) is 6.69. The predicted molar refractivity (Wildman–Crippen MR) is 96.1 cm³/mol. The van der Waals surface area contributed by atoms with Crippen LogP contribution in [0.3, 0.4) is 0 Å². The number of aryl methyl sites for hydroxylation is 1. The number of hydrogen-bond donors (Lipinski definition) is 2. The molecule has 1 aliphatic heterocycles. The van der Waals surface area contributed by atoms with Gasteiger partial charge < -0.3 is 10.3 Å². The van der Waals surface area contributed by atoms with Crippen molar-refractivity contribution in [1.82, 2.24) is 24.6 Å². The summed E-state index contributed by atoms with van der Waals surface area (Å²) in [7, 11) is 1.81. The van der Waals surface area contributed by atoms with Gasteiger partial charge in [0.15, 0.2) is 5.82 Å². The Labute approximate surface area is 150 Å². The van der Waals surface area contributed by atoms with Gasteiger partial charge in [-0.05, 0) is 37.6 Å². The van der Waals surface area contributed by atoms with Crippen LogP contribution in [0, 0.1) is 5.82 Å². The molecule has 7 nitrogen and oxygen atoms in total. The lowest BCUT2D eigenvalue weighted by Gasteiger charge is -2.33. The van der Waals surface area contributed by atoms with Gasteiger partial charge >= 0.3 is 0 Å². The van der Waals surface area contributed by atoms with E-state index in [1.165, 1.54) is 12.1 Å². The number of carbonyl (C=O) groups excluding carboxylic acids is 1. The summed E-state index contributed by atoms with van der Waals surface area (Å²) < 4.78 is 15.1. The first-order valence-corrected chi connectivity index (χ1v) is 8.77. The van der Waals surface area contributed by atoms with Crippen molar-refractivity contribution >= 4 is 22.8 Å². The molecule has 1 saturated heterocycles. The molecule has 1 unspecified atom stereocenters. The number of fused-ring (bicyclic) bond motifs is 1. The zero-order chi connectivity index (χ0) is 18.1. The molecule has 1 atom stereocenters. The van der Waals surface area contributed by atoms with Crippen molar-refractivity contribution in [3.05, 3.63) is 42.1 Å². The maximum absolute atomic E-state index is 13.4. The van der Waals surface area contributed by atoms with Crippen LogP contribution in [-0.2, 0) is 11.8 Å². The lowest BCUT2D eigenvalue weighted by molar-refractivity contribution is -0.118. The van der Waals surface area contributed by atoms with Crippen molar-refractivity contribution in [2.24, 2.45) is 7.05 Å². The fourth-order valence-corrected chi connectivity index (χ4v) is 3.50. The Bertz CT molecular complexity index is 933. The standard InChI is InChI=1S/C18H21FN6O/c1-24-9-7-16(23-24)22-17(26)11-25-8-3-2-4-15(25)18-20-13-6-5-12(19)10-14(13)21-18/h5-7,9-10,15H,2-4,8,11H2,1H3,(H,20,21)(H,22,23,26). The molecule has 26 heavy (non-hydrogen) atoms. The Morgan fingerprint density at radius 3 is 3.08 bits per heavy atom. The van der Waals surface area contributed by atoms with E-state index in [1.807, 2.05) is 0 Å². The molecule has 2 N–H and O–H groups in total. The molecular weight excluding hydrogens is 335 g/mol. The third kappa shape index (κ3) is 3.45. The Hall–Kier alpha value is -2.74. The zero-order valence-corrected chi connectivity index (χ0v) is 14.6. The van der Waals surface area contributed by atoms with Gasteiger partial charge in [-0.25, -0.2) is 9.37 Å². The number of anilines is 1. The average molecular weight is 356 g/mol. The van der Waals surface area contributed by atoms with E-state index in [9.17, 15) is 9.18 Å². The molecule has 3 aromatic rings. The first-order chi connectivity index (χ1) is 12.6. The van der Waals surface area contributed by atoms with Crippen LogP contribution in [0.15, 0.2) is 30.5 Å². The maximum Gasteiger partial charge on any atom is 0.239 e. The van der Waals surface area contributed by atoms with Gasteiger partial charge in [-0.1, -0.05) is 6.42 Å². The Morgan fingerprint density at radius 2 is 2.27 bits per heavy atom. The Balaban J connectivity index is 1.50. The number of aromatic amines is 1. The molecule has 8 heteroatoms. The number of likely N-dealkylation sites (tertiary alicyclic amines) is 1. The molecule has 1 aromatic carbocycles. The number of carbonyl (C=O) groups is 1. The Kier molecular flexibility index (Phi) is 4.42. The van der Waals surface area contributed by atoms with Gasteiger partial charge in [-0.2, -0.15) is 5.10 Å². The Morgan fingerprint density at radius 1 is 1.38 bits per heavy atom. The molecule has 136 valence electrons. The largest absolute Gasteiger partial charge is 0.341 e. The number of benzene rings is 1. The van der Waals surface area contributed by atoms with Crippen LogP contribution in [0.1, 0.15) is 31.1 Å². The predicted octanol–water partition coefficient (Wildman–Crippen LogP) is 2.60. The number of nitrogens with zero attached hydrogens (tertiary/aromatic N) is 4. The van der Waals surface area contributed by atoms with Gasteiger partial charge in [0, 0.05) is 19.3 Å². The van der Waals surface area contributed by atoms with Gasteiger partial charge in [0.05, 0.1) is 23.6 Å². The number of halogens is 1. The summed E-state index contributed by atoms with van der Waals surface area (Å²) in [5, 5.41) is 6.99. The van der Waals surface area contributed by atoms with Crippen LogP contribution in [0.4, 0.5) is 10.2 Å². The number of amides is 1. The highest BCUT2D eigenvalue weighted by Crippen LogP contribution is 2.30. The molecule has 1 fully saturated rings. The number of aromatic nitrogens is 4. The number of piperidine rings is 1. The van der Waals surface area contributed by atoms with E-state index in [0.717, 1.165) is 37.1 Å². The van der Waals surface area contributed by atoms with E-state index in [-0.39, 0.29) is 24.3 Å². The smallest absolute Gasteiger partial charge is 0.239 e. The summed E-state index contributed by atoms with van der Waals surface area (Å²) >= 11 is 0. The summed E-state index contributed by atoms with van der Waals surface area (Å²) in [5.74, 6) is 0.946. The van der Waals surface area contributed by atoms with Gasteiger partial charge in [0.1, 0.15) is 11.6 Å². The molecule has 2 aromatic heterocycles. The molecule has 3 heterocycles. The molecule has 0 spiro atoms. The first-order valence-electron chi connectivity index (χ1n) is 8.77. The molecule has 1 amide bonds. The van der Waals surface area contributed by atoms with Crippen LogP contribution in [-0.4, -0.2) is 43.6 Å². The topological polar surface area (TPSA) is 78.8 Å². The zero-order valence-electron chi connectivity index (χ0n) is 14.6. The molecule has 0 bridgehead atoms. The summed E-state index contributed by atoms with van der Waals surface area (Å²) in [5.41, 5.74) is 1.42. The lowest BCUT2D eigenvalue weighted by Crippen LogP contribution is -2.39. The quantitative estimate of drug-likeness (QED) is 0.753. The minimum absolute atomic E-state index is 0.0219. The van der Waals surface area contributed by atoms with E-state index < -0.39 is 0 Å². The average Bonchev–Trinajstić information content (AvgIpc) is 3.20. The highest BCUT2D eigenvalue weighted by atomic mass is 19.1. The molecule has 1 aliphatic rings. The molecule has 0 aliphatic carbocycles. The molecule has 4 rings (SSSR count). The first kappa shape index (κ1) is 16.7. The monoisotopic (exact) mass is 356 g/mol. The van der Waals surface area contributed by atoms with Crippen molar-refractivity contribution < 1.29 is 9.18 Å². The third-order valence-electron chi connectivity index (χ3n) is 4.72. The van der Waals surface area contributed by atoms with Crippen LogP contribution >= 0.6 is 0 Å². The minimum Gasteiger partial charge on any atom is -0.341 e. The van der Waals surface area contributed by atoms with Gasteiger partial charge in [-0.3, -0.25) is 14.4 Å². The SMILES string of the molecule is Cn1ccc(NC(=O)CN2CCCCC2c2nc3ccc(F)cc3[nH]2)n1. The van der Waals surface area contributed by atoms with Crippen molar-refractivity contribution in [1.29, 1.82) is 0 Å². The van der Waals surface area contributed by atoms with Gasteiger partial charge in [0.2, 0.25) is 5.91 Å². The van der Waals surface area contributed by atoms with E-state index >= 15 is 0 Å². The number of hydrogen-bond acceptors (Lipinski definition) is 4. The number of H-pyrrole nitrogens is 1. The van der Waals surface area contributed by atoms with Crippen LogP contribution in [0.2, 0.25) is 0 Å². The minimum atomic E-state index is -0.289. The fraction of sp³-hybridized carbons (Fsp3) is 0.389. The van der Waals surface area contributed by atoms with Crippen molar-refractivity contribution in [3.8, 4) is 0 Å². The van der Waals surface area contributed by atoms with Gasteiger partial charge in [0.25, 0.3) is 0 Å². The molecular formula is C18H21FN6O. The van der Waals surface area contributed by atoms with Crippen molar-refractivity contribution in [3.63, 3.8) is 0 Å². The van der Waals surface area contributed by atoms with Crippen molar-refractivity contribution in [2.45, 2.75) is 25.3 Å². The summed E-state index contributed by atoms with van der Waals surface area (Å²) in [4.78, 5) is 22.4. The van der Waals surface area contributed by atoms with E-state index in [2.05, 4.69) is 25.3 Å². The highest BCUT2D eigenvalue weighted by molar-refractivity contribution is 5.91. The second-order valence-electron chi connectivity index (χ2n) is 6.69. The summed E-state index contributed by atoms with van der Waals surface area (Å²) in [6.45, 7) is 1.10. The maximum atomic E-state index is 13.4. The molecule has 0 radical (unpaired) electrons. The second kappa shape index (κ2) is 6.87. The van der Waals surface area contributed by atoms with E-state index in [0.29, 0.717) is 11.3 Å². The number of rotatable bonds is 4. The lowest BCUT2D eigenvalue weighted by atomic mass is 10.0. The van der Waals surface area contributed by atoms with Crippen LogP contribution in [0.25, 0.3) is 11.0 Å². The number of imidazole rings is 1. The summed E-state index contributed by atoms with van der Waals surface area (Å²) in [6, 6.07) is 6.32. The van der Waals surface area contributed by atoms with Crippen LogP contribution in [0.5, 0.6) is 0 Å². The van der Waals surface area contributed by atoms with E-state index in [1.54, 1.807) is 30.1 Å². The summed E-state index contributed by atoms with van der Waals surface area (Å²) in [6.07, 6.45) is 4.82. The van der Waals surface area contributed by atoms with Crippen molar-refractivity contribution in [2.75, 3.05) is 18.4 Å². The number of nitrogens with one attached hydrogen (secondary N) is 2. The van der Waals surface area contributed by atoms with Gasteiger partial charge in [-0.15, -0.1) is 0 Å².